The van der Waals surface area contributed by atoms with Gasteiger partial charge in [0.2, 0.25) is 11.8 Å². The molecule has 1 aromatic rings. The molecule has 0 bridgehead atoms. The highest BCUT2D eigenvalue weighted by atomic mass is 35.5. The highest BCUT2D eigenvalue weighted by molar-refractivity contribution is 8.00. The Hall–Kier alpha value is -1.20. The number of primary amides is 1. The van der Waals surface area contributed by atoms with Crippen molar-refractivity contribution in [3.8, 4) is 0 Å². The SMILES string of the molecule is CC(C)N(CC(N)=O)C(=O)CSc1ccc(Cl)cc1. The van der Waals surface area contributed by atoms with Crippen molar-refractivity contribution >= 4 is 35.2 Å². The zero-order valence-electron chi connectivity index (χ0n) is 10.9. The highest BCUT2D eigenvalue weighted by Crippen LogP contribution is 2.20. The standard InChI is InChI=1S/C13H17ClN2O2S/c1-9(2)16(7-12(15)17)13(18)8-19-11-5-3-10(14)4-6-11/h3-6,9H,7-8H2,1-2H3,(H2,15,17). The molecule has 0 radical (unpaired) electrons. The lowest BCUT2D eigenvalue weighted by Gasteiger charge is -2.25. The maximum Gasteiger partial charge on any atom is 0.237 e. The van der Waals surface area contributed by atoms with Crippen LogP contribution in [0.25, 0.3) is 0 Å². The number of rotatable bonds is 6. The van der Waals surface area contributed by atoms with Crippen LogP contribution >= 0.6 is 23.4 Å². The maximum absolute atomic E-state index is 12.0. The third-order valence-corrected chi connectivity index (χ3v) is 3.69. The van der Waals surface area contributed by atoms with E-state index in [2.05, 4.69) is 0 Å². The molecule has 0 saturated carbocycles. The lowest BCUT2D eigenvalue weighted by molar-refractivity contribution is -0.134. The van der Waals surface area contributed by atoms with E-state index in [-0.39, 0.29) is 24.2 Å². The van der Waals surface area contributed by atoms with Crippen molar-refractivity contribution in [3.63, 3.8) is 0 Å². The summed E-state index contributed by atoms with van der Waals surface area (Å²) in [7, 11) is 0. The molecule has 4 nitrogen and oxygen atoms in total. The fraction of sp³-hybridized carbons (Fsp3) is 0.385. The highest BCUT2D eigenvalue weighted by Gasteiger charge is 2.18. The average molecular weight is 301 g/mol. The van der Waals surface area contributed by atoms with Gasteiger partial charge in [-0.15, -0.1) is 11.8 Å². The lowest BCUT2D eigenvalue weighted by Crippen LogP contribution is -2.43. The second-order valence-corrected chi connectivity index (χ2v) is 5.81. The van der Waals surface area contributed by atoms with E-state index in [0.29, 0.717) is 5.02 Å². The molecule has 0 unspecified atom stereocenters. The zero-order valence-corrected chi connectivity index (χ0v) is 12.5. The molecule has 0 aliphatic rings. The Labute approximate surface area is 122 Å². The molecule has 0 fully saturated rings. The molecule has 0 aliphatic heterocycles. The first kappa shape index (κ1) is 15.9. The number of carbonyl (C=O) groups excluding carboxylic acids is 2. The quantitative estimate of drug-likeness (QED) is 0.819. The van der Waals surface area contributed by atoms with Crippen LogP contribution in [0.3, 0.4) is 0 Å². The van der Waals surface area contributed by atoms with Crippen LogP contribution in [0.5, 0.6) is 0 Å². The minimum atomic E-state index is -0.501. The van der Waals surface area contributed by atoms with Gasteiger partial charge in [-0.2, -0.15) is 0 Å². The normalized spacial score (nSPS) is 10.5. The summed E-state index contributed by atoms with van der Waals surface area (Å²) in [5.74, 6) is -0.333. The van der Waals surface area contributed by atoms with Gasteiger partial charge in [0.25, 0.3) is 0 Å². The van der Waals surface area contributed by atoms with Crippen molar-refractivity contribution in [2.75, 3.05) is 12.3 Å². The summed E-state index contributed by atoms with van der Waals surface area (Å²) in [6, 6.07) is 7.21. The summed E-state index contributed by atoms with van der Waals surface area (Å²) < 4.78 is 0. The van der Waals surface area contributed by atoms with Crippen molar-refractivity contribution < 1.29 is 9.59 Å². The lowest BCUT2D eigenvalue weighted by atomic mass is 10.3. The number of hydrogen-bond acceptors (Lipinski definition) is 3. The van der Waals surface area contributed by atoms with Gasteiger partial charge in [0, 0.05) is 16.0 Å². The van der Waals surface area contributed by atoms with E-state index in [1.54, 1.807) is 12.1 Å². The second kappa shape index (κ2) is 7.40. The second-order valence-electron chi connectivity index (χ2n) is 4.32. The molecule has 0 atom stereocenters. The van der Waals surface area contributed by atoms with Gasteiger partial charge in [0.05, 0.1) is 12.3 Å². The van der Waals surface area contributed by atoms with Gasteiger partial charge < -0.3 is 10.6 Å². The molecule has 1 aromatic carbocycles. The summed E-state index contributed by atoms with van der Waals surface area (Å²) in [5, 5.41) is 0.660. The van der Waals surface area contributed by atoms with Crippen molar-refractivity contribution in [2.45, 2.75) is 24.8 Å². The Morgan fingerprint density at radius 2 is 1.89 bits per heavy atom. The zero-order chi connectivity index (χ0) is 14.4. The Morgan fingerprint density at radius 3 is 2.37 bits per heavy atom. The number of nitrogens with zero attached hydrogens (tertiary/aromatic N) is 1. The van der Waals surface area contributed by atoms with Crippen LogP contribution in [0.1, 0.15) is 13.8 Å². The smallest absolute Gasteiger partial charge is 0.237 e. The Balaban J connectivity index is 2.57. The van der Waals surface area contributed by atoms with E-state index in [1.807, 2.05) is 26.0 Å². The Kier molecular flexibility index (Phi) is 6.18. The monoisotopic (exact) mass is 300 g/mol. The first-order valence-electron chi connectivity index (χ1n) is 5.86. The van der Waals surface area contributed by atoms with E-state index in [4.69, 9.17) is 17.3 Å². The van der Waals surface area contributed by atoms with Crippen LogP contribution in [-0.4, -0.2) is 35.1 Å². The third-order valence-electron chi connectivity index (χ3n) is 2.45. The topological polar surface area (TPSA) is 63.4 Å². The van der Waals surface area contributed by atoms with Crippen molar-refractivity contribution in [1.29, 1.82) is 0 Å². The number of hydrogen-bond donors (Lipinski definition) is 1. The van der Waals surface area contributed by atoms with E-state index in [0.717, 1.165) is 4.90 Å². The van der Waals surface area contributed by atoms with E-state index < -0.39 is 5.91 Å². The van der Waals surface area contributed by atoms with Gasteiger partial charge in [0.15, 0.2) is 0 Å². The van der Waals surface area contributed by atoms with Gasteiger partial charge in [-0.1, -0.05) is 11.6 Å². The minimum Gasteiger partial charge on any atom is -0.368 e. The number of carbonyl (C=O) groups is 2. The molecular weight excluding hydrogens is 284 g/mol. The molecular formula is C13H17ClN2O2S. The van der Waals surface area contributed by atoms with Gasteiger partial charge in [-0.3, -0.25) is 9.59 Å². The van der Waals surface area contributed by atoms with Crippen LogP contribution in [0.2, 0.25) is 5.02 Å². The minimum absolute atomic E-state index is 0.0440. The predicted molar refractivity (Wildman–Crippen MR) is 78.2 cm³/mol. The first-order chi connectivity index (χ1) is 8.90. The summed E-state index contributed by atoms with van der Waals surface area (Å²) in [5.41, 5.74) is 5.14. The fourth-order valence-corrected chi connectivity index (χ4v) is 2.40. The largest absolute Gasteiger partial charge is 0.368 e. The van der Waals surface area contributed by atoms with Crippen LogP contribution in [0, 0.1) is 0 Å². The van der Waals surface area contributed by atoms with Crippen molar-refractivity contribution in [2.24, 2.45) is 5.73 Å². The predicted octanol–water partition coefficient (Wildman–Crippen LogP) is 2.15. The molecule has 19 heavy (non-hydrogen) atoms. The molecule has 0 saturated heterocycles. The summed E-state index contributed by atoms with van der Waals surface area (Å²) in [4.78, 5) is 25.4. The van der Waals surface area contributed by atoms with Crippen LogP contribution < -0.4 is 5.73 Å². The molecule has 2 amide bonds. The van der Waals surface area contributed by atoms with Crippen molar-refractivity contribution in [1.82, 2.24) is 4.90 Å². The summed E-state index contributed by atoms with van der Waals surface area (Å²) in [6.07, 6.45) is 0. The molecule has 2 N–H and O–H groups in total. The molecule has 1 rings (SSSR count). The first-order valence-corrected chi connectivity index (χ1v) is 7.22. The Bertz CT molecular complexity index is 448. The van der Waals surface area contributed by atoms with E-state index in [1.165, 1.54) is 16.7 Å². The summed E-state index contributed by atoms with van der Waals surface area (Å²) >= 11 is 7.20. The molecule has 104 valence electrons. The number of thioether (sulfide) groups is 1. The van der Waals surface area contributed by atoms with Crippen LogP contribution in [0.15, 0.2) is 29.2 Å². The summed E-state index contributed by atoms with van der Waals surface area (Å²) in [6.45, 7) is 3.67. The molecule has 0 aliphatic carbocycles. The molecule has 0 aromatic heterocycles. The molecule has 0 heterocycles. The maximum atomic E-state index is 12.0. The molecule has 0 spiro atoms. The average Bonchev–Trinajstić information content (AvgIpc) is 2.34. The van der Waals surface area contributed by atoms with Gasteiger partial charge in [0.1, 0.15) is 0 Å². The van der Waals surface area contributed by atoms with Crippen LogP contribution in [-0.2, 0) is 9.59 Å². The van der Waals surface area contributed by atoms with E-state index >= 15 is 0 Å². The number of halogens is 1. The fourth-order valence-electron chi connectivity index (χ4n) is 1.49. The number of amides is 2. The Morgan fingerprint density at radius 1 is 1.32 bits per heavy atom. The molecule has 6 heteroatoms. The third kappa shape index (κ3) is 5.53. The van der Waals surface area contributed by atoms with Gasteiger partial charge >= 0.3 is 0 Å². The van der Waals surface area contributed by atoms with Gasteiger partial charge in [-0.25, -0.2) is 0 Å². The number of nitrogens with two attached hydrogens (primary N) is 1. The van der Waals surface area contributed by atoms with Crippen LogP contribution in [0.4, 0.5) is 0 Å². The number of benzene rings is 1. The van der Waals surface area contributed by atoms with Crippen molar-refractivity contribution in [3.05, 3.63) is 29.3 Å². The van der Waals surface area contributed by atoms with E-state index in [9.17, 15) is 9.59 Å². The van der Waals surface area contributed by atoms with Gasteiger partial charge in [-0.05, 0) is 38.1 Å².